The molecule has 1 aromatic rings. The van der Waals surface area contributed by atoms with E-state index in [1.807, 2.05) is 0 Å². The standard InChI is InChI=1S/C15H21NO/c17-15-10-8-14(9-11-15)16-12-4-7-13-5-2-1-3-6-13/h1-3,5-6,14,16H,4,7-12H2. The number of aryl methyl sites for hydroxylation is 1. The van der Waals surface area contributed by atoms with E-state index in [1.54, 1.807) is 0 Å². The lowest BCUT2D eigenvalue weighted by Gasteiger charge is -2.22. The Labute approximate surface area is 103 Å². The summed E-state index contributed by atoms with van der Waals surface area (Å²) in [7, 11) is 0. The van der Waals surface area contributed by atoms with E-state index in [0.717, 1.165) is 38.6 Å². The maximum atomic E-state index is 11.1. The Morgan fingerprint density at radius 2 is 1.82 bits per heavy atom. The van der Waals surface area contributed by atoms with E-state index < -0.39 is 0 Å². The molecule has 2 nitrogen and oxygen atoms in total. The van der Waals surface area contributed by atoms with E-state index in [4.69, 9.17) is 0 Å². The molecule has 1 aliphatic rings. The maximum Gasteiger partial charge on any atom is 0.133 e. The molecule has 0 aliphatic heterocycles. The maximum absolute atomic E-state index is 11.1. The molecule has 17 heavy (non-hydrogen) atoms. The summed E-state index contributed by atoms with van der Waals surface area (Å²) in [4.78, 5) is 11.1. The van der Waals surface area contributed by atoms with Crippen LogP contribution in [0.5, 0.6) is 0 Å². The predicted octanol–water partition coefficient (Wildman–Crippen LogP) is 2.72. The van der Waals surface area contributed by atoms with E-state index >= 15 is 0 Å². The first-order chi connectivity index (χ1) is 8.34. The second-order valence-corrected chi connectivity index (χ2v) is 4.86. The summed E-state index contributed by atoms with van der Waals surface area (Å²) in [6.07, 6.45) is 5.93. The van der Waals surface area contributed by atoms with Crippen molar-refractivity contribution in [2.45, 2.75) is 44.6 Å². The van der Waals surface area contributed by atoms with Gasteiger partial charge in [-0.05, 0) is 37.8 Å². The fourth-order valence-corrected chi connectivity index (χ4v) is 2.39. The van der Waals surface area contributed by atoms with Gasteiger partial charge in [-0.1, -0.05) is 30.3 Å². The molecule has 0 saturated heterocycles. The molecule has 0 spiro atoms. The molecule has 2 rings (SSSR count). The van der Waals surface area contributed by atoms with Crippen molar-refractivity contribution >= 4 is 5.78 Å². The van der Waals surface area contributed by atoms with Crippen LogP contribution in [0.15, 0.2) is 30.3 Å². The summed E-state index contributed by atoms with van der Waals surface area (Å²) >= 11 is 0. The molecule has 1 aliphatic carbocycles. The van der Waals surface area contributed by atoms with Gasteiger partial charge in [0.1, 0.15) is 5.78 Å². The van der Waals surface area contributed by atoms with E-state index in [0.29, 0.717) is 11.8 Å². The lowest BCUT2D eigenvalue weighted by molar-refractivity contribution is -0.120. The van der Waals surface area contributed by atoms with Crippen LogP contribution in [0.2, 0.25) is 0 Å². The number of ketones is 1. The van der Waals surface area contributed by atoms with E-state index in [9.17, 15) is 4.79 Å². The average molecular weight is 231 g/mol. The normalized spacial score (nSPS) is 17.3. The highest BCUT2D eigenvalue weighted by Gasteiger charge is 2.17. The van der Waals surface area contributed by atoms with Crippen LogP contribution in [0.1, 0.15) is 37.7 Å². The van der Waals surface area contributed by atoms with Crippen molar-refractivity contribution in [2.24, 2.45) is 0 Å². The van der Waals surface area contributed by atoms with Crippen molar-refractivity contribution < 1.29 is 4.79 Å². The van der Waals surface area contributed by atoms with Crippen molar-refractivity contribution in [1.82, 2.24) is 5.32 Å². The first kappa shape index (κ1) is 12.3. The molecule has 0 radical (unpaired) electrons. The molecule has 1 fully saturated rings. The Balaban J connectivity index is 1.59. The minimum absolute atomic E-state index is 0.437. The third-order valence-corrected chi connectivity index (χ3v) is 3.46. The molecule has 0 aromatic heterocycles. The van der Waals surface area contributed by atoms with Crippen LogP contribution in [-0.2, 0) is 11.2 Å². The summed E-state index contributed by atoms with van der Waals surface area (Å²) in [5.41, 5.74) is 1.41. The molecular weight excluding hydrogens is 210 g/mol. The van der Waals surface area contributed by atoms with Gasteiger partial charge in [-0.25, -0.2) is 0 Å². The average Bonchev–Trinajstić information content (AvgIpc) is 2.38. The van der Waals surface area contributed by atoms with Crippen LogP contribution in [0.3, 0.4) is 0 Å². The zero-order valence-corrected chi connectivity index (χ0v) is 10.3. The third kappa shape index (κ3) is 4.31. The summed E-state index contributed by atoms with van der Waals surface area (Å²) < 4.78 is 0. The van der Waals surface area contributed by atoms with Crippen LogP contribution >= 0.6 is 0 Å². The van der Waals surface area contributed by atoms with Crippen molar-refractivity contribution in [2.75, 3.05) is 6.54 Å². The van der Waals surface area contributed by atoms with Crippen LogP contribution < -0.4 is 5.32 Å². The predicted molar refractivity (Wildman–Crippen MR) is 70.0 cm³/mol. The van der Waals surface area contributed by atoms with Gasteiger partial charge in [0.05, 0.1) is 0 Å². The van der Waals surface area contributed by atoms with Crippen LogP contribution in [-0.4, -0.2) is 18.4 Å². The quantitative estimate of drug-likeness (QED) is 0.789. The topological polar surface area (TPSA) is 29.1 Å². The SMILES string of the molecule is O=C1CCC(NCCCc2ccccc2)CC1. The van der Waals surface area contributed by atoms with Gasteiger partial charge >= 0.3 is 0 Å². The number of hydrogen-bond acceptors (Lipinski definition) is 2. The lowest BCUT2D eigenvalue weighted by atomic mass is 9.94. The van der Waals surface area contributed by atoms with E-state index in [-0.39, 0.29) is 0 Å². The lowest BCUT2D eigenvalue weighted by Crippen LogP contribution is -2.34. The van der Waals surface area contributed by atoms with E-state index in [1.165, 1.54) is 12.0 Å². The molecular formula is C15H21NO. The highest BCUT2D eigenvalue weighted by Crippen LogP contribution is 2.14. The number of Topliss-reactive ketones (excluding diaryl/α,β-unsaturated/α-hetero) is 1. The van der Waals surface area contributed by atoms with Crippen LogP contribution in [0.25, 0.3) is 0 Å². The minimum atomic E-state index is 0.437. The number of rotatable bonds is 5. The second-order valence-electron chi connectivity index (χ2n) is 4.86. The van der Waals surface area contributed by atoms with Gasteiger partial charge in [-0.15, -0.1) is 0 Å². The molecule has 1 aromatic carbocycles. The Morgan fingerprint density at radius 3 is 2.53 bits per heavy atom. The molecule has 0 amide bonds. The third-order valence-electron chi connectivity index (χ3n) is 3.46. The number of carbonyl (C=O) groups is 1. The fourth-order valence-electron chi connectivity index (χ4n) is 2.39. The first-order valence-corrected chi connectivity index (χ1v) is 6.63. The molecule has 1 N–H and O–H groups in total. The molecule has 0 unspecified atom stereocenters. The van der Waals surface area contributed by atoms with Gasteiger partial charge in [0.15, 0.2) is 0 Å². The fraction of sp³-hybridized carbons (Fsp3) is 0.533. The first-order valence-electron chi connectivity index (χ1n) is 6.63. The summed E-state index contributed by atoms with van der Waals surface area (Å²) in [6.45, 7) is 1.06. The van der Waals surface area contributed by atoms with Crippen LogP contribution in [0.4, 0.5) is 0 Å². The van der Waals surface area contributed by atoms with Gasteiger partial charge < -0.3 is 5.32 Å². The smallest absolute Gasteiger partial charge is 0.133 e. The van der Waals surface area contributed by atoms with Crippen LogP contribution in [0, 0.1) is 0 Å². The Kier molecular flexibility index (Phi) is 4.75. The van der Waals surface area contributed by atoms with Gasteiger partial charge in [0.2, 0.25) is 0 Å². The number of nitrogens with one attached hydrogen (secondary N) is 1. The largest absolute Gasteiger partial charge is 0.314 e. The highest BCUT2D eigenvalue weighted by molar-refractivity contribution is 5.79. The van der Waals surface area contributed by atoms with Crippen molar-refractivity contribution in [1.29, 1.82) is 0 Å². The highest BCUT2D eigenvalue weighted by atomic mass is 16.1. The van der Waals surface area contributed by atoms with Gasteiger partial charge in [-0.2, -0.15) is 0 Å². The molecule has 2 heteroatoms. The van der Waals surface area contributed by atoms with Crippen molar-refractivity contribution in [3.63, 3.8) is 0 Å². The van der Waals surface area contributed by atoms with E-state index in [2.05, 4.69) is 35.6 Å². The van der Waals surface area contributed by atoms with Crippen molar-refractivity contribution in [3.8, 4) is 0 Å². The molecule has 0 heterocycles. The molecule has 0 atom stereocenters. The second kappa shape index (κ2) is 6.55. The van der Waals surface area contributed by atoms with Crippen molar-refractivity contribution in [3.05, 3.63) is 35.9 Å². The van der Waals surface area contributed by atoms with Gasteiger partial charge in [0.25, 0.3) is 0 Å². The van der Waals surface area contributed by atoms with Gasteiger partial charge in [0, 0.05) is 18.9 Å². The Morgan fingerprint density at radius 1 is 1.12 bits per heavy atom. The summed E-state index contributed by atoms with van der Waals surface area (Å²) in [5.74, 6) is 0.437. The molecule has 0 bridgehead atoms. The molecule has 92 valence electrons. The summed E-state index contributed by atoms with van der Waals surface area (Å²) in [5, 5.41) is 3.56. The summed E-state index contributed by atoms with van der Waals surface area (Å²) in [6, 6.07) is 11.2. The number of hydrogen-bond donors (Lipinski definition) is 1. The number of benzene rings is 1. The Hall–Kier alpha value is -1.15. The zero-order valence-electron chi connectivity index (χ0n) is 10.3. The number of carbonyl (C=O) groups excluding carboxylic acids is 1. The molecule has 1 saturated carbocycles. The Bertz CT molecular complexity index is 337. The minimum Gasteiger partial charge on any atom is -0.314 e. The zero-order chi connectivity index (χ0) is 11.9. The van der Waals surface area contributed by atoms with Gasteiger partial charge in [-0.3, -0.25) is 4.79 Å². The monoisotopic (exact) mass is 231 g/mol.